The van der Waals surface area contributed by atoms with E-state index >= 15 is 0 Å². The van der Waals surface area contributed by atoms with Gasteiger partial charge in [-0.2, -0.15) is 16.3 Å². The number of carbonyl (C=O) groups is 1. The van der Waals surface area contributed by atoms with Gasteiger partial charge < -0.3 is 9.42 Å². The fraction of sp³-hybridized carbons (Fsp3) is 0.267. The fourth-order valence-corrected chi connectivity index (χ4v) is 3.90. The molecule has 0 radical (unpaired) electrons. The molecule has 0 aliphatic carbocycles. The average Bonchev–Trinajstić information content (AvgIpc) is 3.35. The van der Waals surface area contributed by atoms with Crippen LogP contribution in [-0.4, -0.2) is 34.0 Å². The van der Waals surface area contributed by atoms with Crippen LogP contribution < -0.4 is 0 Å². The summed E-state index contributed by atoms with van der Waals surface area (Å²) >= 11 is 3.12. The van der Waals surface area contributed by atoms with Gasteiger partial charge in [-0.05, 0) is 29.3 Å². The third-order valence-corrected chi connectivity index (χ3v) is 5.32. The van der Waals surface area contributed by atoms with E-state index in [0.29, 0.717) is 18.3 Å². The Labute approximate surface area is 135 Å². The van der Waals surface area contributed by atoms with E-state index in [-0.39, 0.29) is 11.8 Å². The molecule has 1 amide bonds. The highest BCUT2D eigenvalue weighted by Crippen LogP contribution is 2.29. The Balaban J connectivity index is 1.48. The van der Waals surface area contributed by atoms with Crippen LogP contribution in [0.15, 0.2) is 38.9 Å². The summed E-state index contributed by atoms with van der Waals surface area (Å²) in [5.41, 5.74) is 0.762. The van der Waals surface area contributed by atoms with Crippen molar-refractivity contribution in [2.45, 2.75) is 12.3 Å². The number of rotatable bonds is 3. The van der Waals surface area contributed by atoms with Crippen molar-refractivity contribution >= 4 is 28.6 Å². The zero-order chi connectivity index (χ0) is 14.9. The van der Waals surface area contributed by atoms with Crippen LogP contribution in [0.2, 0.25) is 0 Å². The summed E-state index contributed by atoms with van der Waals surface area (Å²) in [6.45, 7) is 1.39. The van der Waals surface area contributed by atoms with Gasteiger partial charge in [-0.15, -0.1) is 11.3 Å². The number of thiophene rings is 2. The first-order chi connectivity index (χ1) is 10.8. The smallest absolute Gasteiger partial charge is 0.267 e. The first-order valence-electron chi connectivity index (χ1n) is 7.00. The number of likely N-dealkylation sites (tertiary alicyclic amines) is 1. The Hall–Kier alpha value is -1.99. The second kappa shape index (κ2) is 5.66. The molecule has 112 valence electrons. The molecule has 1 aliphatic rings. The van der Waals surface area contributed by atoms with Crippen LogP contribution in [0.3, 0.4) is 0 Å². The molecule has 1 fully saturated rings. The van der Waals surface area contributed by atoms with Crippen molar-refractivity contribution in [1.82, 2.24) is 15.0 Å². The molecule has 0 spiro atoms. The Morgan fingerprint density at radius 1 is 1.36 bits per heavy atom. The fourth-order valence-electron chi connectivity index (χ4n) is 2.63. The lowest BCUT2D eigenvalue weighted by Gasteiger charge is -2.14. The van der Waals surface area contributed by atoms with Crippen molar-refractivity contribution in [3.05, 3.63) is 45.7 Å². The van der Waals surface area contributed by atoms with Gasteiger partial charge in [0, 0.05) is 24.4 Å². The van der Waals surface area contributed by atoms with Crippen LogP contribution in [0.25, 0.3) is 10.8 Å². The van der Waals surface area contributed by atoms with Crippen molar-refractivity contribution in [3.8, 4) is 10.8 Å². The van der Waals surface area contributed by atoms with E-state index in [1.165, 1.54) is 11.3 Å². The monoisotopic (exact) mass is 331 g/mol. The van der Waals surface area contributed by atoms with Crippen molar-refractivity contribution in [3.63, 3.8) is 0 Å². The summed E-state index contributed by atoms with van der Waals surface area (Å²) in [4.78, 5) is 19.7. The maximum Gasteiger partial charge on any atom is 0.267 e. The van der Waals surface area contributed by atoms with E-state index in [1.54, 1.807) is 11.3 Å². The minimum Gasteiger partial charge on any atom is -0.338 e. The summed E-state index contributed by atoms with van der Waals surface area (Å²) in [5, 5.41) is 9.89. The molecule has 5 nitrogen and oxygen atoms in total. The number of aromatic nitrogens is 2. The van der Waals surface area contributed by atoms with E-state index in [1.807, 2.05) is 39.2 Å². The Kier molecular flexibility index (Phi) is 3.51. The quantitative estimate of drug-likeness (QED) is 0.737. The first-order valence-corrected chi connectivity index (χ1v) is 8.82. The Morgan fingerprint density at radius 2 is 2.32 bits per heavy atom. The molecule has 0 aromatic carbocycles. The molecule has 3 aromatic heterocycles. The van der Waals surface area contributed by atoms with Crippen LogP contribution >= 0.6 is 22.7 Å². The van der Waals surface area contributed by atoms with E-state index < -0.39 is 0 Å². The van der Waals surface area contributed by atoms with E-state index in [4.69, 9.17) is 4.52 Å². The lowest BCUT2D eigenvalue weighted by atomic mass is 10.1. The summed E-state index contributed by atoms with van der Waals surface area (Å²) in [6, 6.07) is 5.78. The standard InChI is InChI=1S/C15H13N3O2S2/c19-15(11-4-7-21-9-11)18-5-3-10(8-18)13-16-14(20-17-13)12-2-1-6-22-12/h1-2,4,6-7,9-10H,3,5,8H2/t10-/m1/s1. The van der Waals surface area contributed by atoms with Crippen LogP contribution in [-0.2, 0) is 0 Å². The second-order valence-electron chi connectivity index (χ2n) is 5.18. The van der Waals surface area contributed by atoms with Crippen molar-refractivity contribution < 1.29 is 9.32 Å². The summed E-state index contributed by atoms with van der Waals surface area (Å²) in [7, 11) is 0. The number of nitrogens with zero attached hydrogens (tertiary/aromatic N) is 3. The van der Waals surface area contributed by atoms with E-state index in [9.17, 15) is 4.79 Å². The lowest BCUT2D eigenvalue weighted by molar-refractivity contribution is 0.0791. The number of hydrogen-bond donors (Lipinski definition) is 0. The minimum atomic E-state index is 0.0886. The third kappa shape index (κ3) is 2.46. The van der Waals surface area contributed by atoms with Crippen LogP contribution in [0.4, 0.5) is 0 Å². The molecule has 1 atom stereocenters. The molecule has 1 aliphatic heterocycles. The highest BCUT2D eigenvalue weighted by atomic mass is 32.1. The van der Waals surface area contributed by atoms with Crippen molar-refractivity contribution in [1.29, 1.82) is 0 Å². The predicted molar refractivity (Wildman–Crippen MR) is 85.2 cm³/mol. The normalized spacial score (nSPS) is 18.0. The zero-order valence-electron chi connectivity index (χ0n) is 11.6. The highest BCUT2D eigenvalue weighted by Gasteiger charge is 2.31. The predicted octanol–water partition coefficient (Wildman–Crippen LogP) is 3.49. The molecular weight excluding hydrogens is 318 g/mol. The Morgan fingerprint density at radius 3 is 3.09 bits per heavy atom. The third-order valence-electron chi connectivity index (χ3n) is 3.78. The number of amides is 1. The molecule has 0 N–H and O–H groups in total. The molecule has 4 heterocycles. The molecule has 0 unspecified atom stereocenters. The maximum atomic E-state index is 12.3. The summed E-state index contributed by atoms with van der Waals surface area (Å²) in [5.74, 6) is 1.50. The van der Waals surface area contributed by atoms with E-state index in [0.717, 1.165) is 23.4 Å². The van der Waals surface area contributed by atoms with Gasteiger partial charge in [0.05, 0.1) is 10.4 Å². The van der Waals surface area contributed by atoms with Crippen LogP contribution in [0.1, 0.15) is 28.5 Å². The van der Waals surface area contributed by atoms with Gasteiger partial charge in [0.2, 0.25) is 0 Å². The summed E-state index contributed by atoms with van der Waals surface area (Å²) < 4.78 is 5.34. The number of hydrogen-bond acceptors (Lipinski definition) is 6. The van der Waals surface area contributed by atoms with Gasteiger partial charge in [0.15, 0.2) is 5.82 Å². The molecule has 0 bridgehead atoms. The zero-order valence-corrected chi connectivity index (χ0v) is 13.3. The largest absolute Gasteiger partial charge is 0.338 e. The molecule has 0 saturated carbocycles. The van der Waals surface area contributed by atoms with E-state index in [2.05, 4.69) is 10.1 Å². The maximum absolute atomic E-state index is 12.3. The second-order valence-corrected chi connectivity index (χ2v) is 6.91. The van der Waals surface area contributed by atoms with Gasteiger partial charge in [-0.3, -0.25) is 4.79 Å². The number of carbonyl (C=O) groups excluding carboxylic acids is 1. The molecule has 22 heavy (non-hydrogen) atoms. The van der Waals surface area contributed by atoms with Gasteiger partial charge in [-0.1, -0.05) is 11.2 Å². The molecule has 7 heteroatoms. The minimum absolute atomic E-state index is 0.0886. The SMILES string of the molecule is O=C(c1ccsc1)N1CC[C@@H](c2noc(-c3cccs3)n2)C1. The van der Waals surface area contributed by atoms with Crippen LogP contribution in [0.5, 0.6) is 0 Å². The van der Waals surface area contributed by atoms with Crippen molar-refractivity contribution in [2.24, 2.45) is 0 Å². The summed E-state index contributed by atoms with van der Waals surface area (Å²) in [6.07, 6.45) is 0.874. The van der Waals surface area contributed by atoms with Crippen LogP contribution in [0, 0.1) is 0 Å². The van der Waals surface area contributed by atoms with Gasteiger partial charge in [-0.25, -0.2) is 0 Å². The topological polar surface area (TPSA) is 59.2 Å². The van der Waals surface area contributed by atoms with Gasteiger partial charge in [0.25, 0.3) is 11.8 Å². The van der Waals surface area contributed by atoms with Crippen molar-refractivity contribution in [2.75, 3.05) is 13.1 Å². The molecule has 1 saturated heterocycles. The van der Waals surface area contributed by atoms with Gasteiger partial charge in [0.1, 0.15) is 0 Å². The van der Waals surface area contributed by atoms with Gasteiger partial charge >= 0.3 is 0 Å². The first kappa shape index (κ1) is 13.7. The molecule has 3 aromatic rings. The Bertz CT molecular complexity index is 765. The highest BCUT2D eigenvalue weighted by molar-refractivity contribution is 7.13. The lowest BCUT2D eigenvalue weighted by Crippen LogP contribution is -2.28. The molecule has 4 rings (SSSR count). The molecular formula is C15H13N3O2S2. The average molecular weight is 331 g/mol.